The standard InChI is InChI=1S/C13H16BrNO2/c1-9(16)15-6-4-10(5-7-15)12-3-2-11(14)8-13(12)17/h2-3,8,10,17H,4-7H2,1H3. The Kier molecular flexibility index (Phi) is 3.72. The highest BCUT2D eigenvalue weighted by Gasteiger charge is 2.23. The molecule has 0 bridgehead atoms. The van der Waals surface area contributed by atoms with E-state index in [2.05, 4.69) is 15.9 Å². The highest BCUT2D eigenvalue weighted by molar-refractivity contribution is 9.10. The Morgan fingerprint density at radius 3 is 2.59 bits per heavy atom. The lowest BCUT2D eigenvalue weighted by Gasteiger charge is -2.31. The van der Waals surface area contributed by atoms with Gasteiger partial charge in [-0.1, -0.05) is 22.0 Å². The molecule has 1 fully saturated rings. The second kappa shape index (κ2) is 5.08. The van der Waals surface area contributed by atoms with Gasteiger partial charge in [-0.15, -0.1) is 0 Å². The van der Waals surface area contributed by atoms with E-state index in [4.69, 9.17) is 0 Å². The first-order valence-electron chi connectivity index (χ1n) is 5.82. The lowest BCUT2D eigenvalue weighted by atomic mass is 9.89. The summed E-state index contributed by atoms with van der Waals surface area (Å²) in [6.45, 7) is 3.18. The number of carbonyl (C=O) groups excluding carboxylic acids is 1. The normalized spacial score (nSPS) is 17.2. The highest BCUT2D eigenvalue weighted by atomic mass is 79.9. The van der Waals surface area contributed by atoms with E-state index in [0.717, 1.165) is 36.0 Å². The van der Waals surface area contributed by atoms with Gasteiger partial charge in [0, 0.05) is 24.5 Å². The fourth-order valence-electron chi connectivity index (χ4n) is 2.37. The first-order chi connectivity index (χ1) is 8.08. The molecule has 1 aliphatic heterocycles. The smallest absolute Gasteiger partial charge is 0.219 e. The third kappa shape index (κ3) is 2.80. The van der Waals surface area contributed by atoms with Gasteiger partial charge < -0.3 is 10.0 Å². The average Bonchev–Trinajstić information content (AvgIpc) is 2.29. The predicted octanol–water partition coefficient (Wildman–Crippen LogP) is 2.88. The molecule has 2 rings (SSSR count). The molecule has 0 saturated carbocycles. The molecular weight excluding hydrogens is 282 g/mol. The maximum absolute atomic E-state index is 11.2. The SMILES string of the molecule is CC(=O)N1CCC(c2ccc(Br)cc2O)CC1. The van der Waals surface area contributed by atoms with E-state index in [-0.39, 0.29) is 5.91 Å². The van der Waals surface area contributed by atoms with Crippen LogP contribution in [-0.4, -0.2) is 29.0 Å². The minimum Gasteiger partial charge on any atom is -0.508 e. The number of hydrogen-bond donors (Lipinski definition) is 1. The summed E-state index contributed by atoms with van der Waals surface area (Å²) in [7, 11) is 0. The van der Waals surface area contributed by atoms with E-state index in [9.17, 15) is 9.90 Å². The number of nitrogens with zero attached hydrogens (tertiary/aromatic N) is 1. The molecule has 1 aromatic carbocycles. The van der Waals surface area contributed by atoms with Crippen LogP contribution in [0.15, 0.2) is 22.7 Å². The number of halogens is 1. The van der Waals surface area contributed by atoms with Gasteiger partial charge >= 0.3 is 0 Å². The fraction of sp³-hybridized carbons (Fsp3) is 0.462. The van der Waals surface area contributed by atoms with E-state index < -0.39 is 0 Å². The van der Waals surface area contributed by atoms with Gasteiger partial charge in [0.05, 0.1) is 0 Å². The number of phenols is 1. The van der Waals surface area contributed by atoms with Crippen LogP contribution >= 0.6 is 15.9 Å². The van der Waals surface area contributed by atoms with Crippen molar-refractivity contribution in [2.24, 2.45) is 0 Å². The Balaban J connectivity index is 2.08. The fourth-order valence-corrected chi connectivity index (χ4v) is 2.72. The molecule has 1 aliphatic rings. The third-order valence-electron chi connectivity index (χ3n) is 3.37. The largest absolute Gasteiger partial charge is 0.508 e. The Bertz CT molecular complexity index is 425. The Labute approximate surface area is 110 Å². The lowest BCUT2D eigenvalue weighted by Crippen LogP contribution is -2.36. The van der Waals surface area contributed by atoms with Crippen molar-refractivity contribution in [2.45, 2.75) is 25.7 Å². The summed E-state index contributed by atoms with van der Waals surface area (Å²) >= 11 is 3.34. The second-order valence-corrected chi connectivity index (χ2v) is 5.40. The molecule has 1 heterocycles. The average molecular weight is 298 g/mol. The zero-order valence-corrected chi connectivity index (χ0v) is 11.4. The topological polar surface area (TPSA) is 40.5 Å². The van der Waals surface area contributed by atoms with Crippen LogP contribution in [0.4, 0.5) is 0 Å². The van der Waals surface area contributed by atoms with Crippen LogP contribution in [0.5, 0.6) is 5.75 Å². The number of rotatable bonds is 1. The summed E-state index contributed by atoms with van der Waals surface area (Å²) in [6.07, 6.45) is 1.85. The van der Waals surface area contributed by atoms with Crippen LogP contribution in [-0.2, 0) is 4.79 Å². The number of likely N-dealkylation sites (tertiary alicyclic amines) is 1. The highest BCUT2D eigenvalue weighted by Crippen LogP contribution is 2.35. The maximum atomic E-state index is 11.2. The molecule has 3 nitrogen and oxygen atoms in total. The summed E-state index contributed by atoms with van der Waals surface area (Å²) < 4.78 is 0.889. The van der Waals surface area contributed by atoms with Gasteiger partial charge in [-0.05, 0) is 36.5 Å². The van der Waals surface area contributed by atoms with Gasteiger partial charge in [-0.25, -0.2) is 0 Å². The minimum atomic E-state index is 0.142. The number of aromatic hydroxyl groups is 1. The monoisotopic (exact) mass is 297 g/mol. The number of amides is 1. The van der Waals surface area contributed by atoms with E-state index in [0.29, 0.717) is 11.7 Å². The lowest BCUT2D eigenvalue weighted by molar-refractivity contribution is -0.129. The predicted molar refractivity (Wildman–Crippen MR) is 70.0 cm³/mol. The Morgan fingerprint density at radius 1 is 1.41 bits per heavy atom. The summed E-state index contributed by atoms with van der Waals surface area (Å²) in [5, 5.41) is 9.91. The molecule has 92 valence electrons. The molecule has 0 radical (unpaired) electrons. The first kappa shape index (κ1) is 12.4. The van der Waals surface area contributed by atoms with Gasteiger partial charge in [0.15, 0.2) is 0 Å². The number of phenolic OH excluding ortho intramolecular Hbond substituents is 1. The van der Waals surface area contributed by atoms with Crippen molar-refractivity contribution >= 4 is 21.8 Å². The van der Waals surface area contributed by atoms with Crippen LogP contribution in [0.1, 0.15) is 31.2 Å². The van der Waals surface area contributed by atoms with Crippen molar-refractivity contribution in [3.63, 3.8) is 0 Å². The van der Waals surface area contributed by atoms with E-state index in [1.807, 2.05) is 17.0 Å². The van der Waals surface area contributed by atoms with Crippen LogP contribution in [0, 0.1) is 0 Å². The molecular formula is C13H16BrNO2. The van der Waals surface area contributed by atoms with Crippen LogP contribution in [0.2, 0.25) is 0 Å². The third-order valence-corrected chi connectivity index (χ3v) is 3.87. The molecule has 0 aliphatic carbocycles. The summed E-state index contributed by atoms with van der Waals surface area (Å²) in [5.41, 5.74) is 0.997. The van der Waals surface area contributed by atoms with Crippen molar-refractivity contribution in [1.82, 2.24) is 4.90 Å². The van der Waals surface area contributed by atoms with Gasteiger partial charge in [0.2, 0.25) is 5.91 Å². The number of hydrogen-bond acceptors (Lipinski definition) is 2. The number of carbonyl (C=O) groups is 1. The zero-order valence-electron chi connectivity index (χ0n) is 9.82. The molecule has 0 unspecified atom stereocenters. The molecule has 1 amide bonds. The molecule has 1 aromatic rings. The van der Waals surface area contributed by atoms with Gasteiger partial charge in [-0.3, -0.25) is 4.79 Å². The first-order valence-corrected chi connectivity index (χ1v) is 6.61. The summed E-state index contributed by atoms with van der Waals surface area (Å²) in [4.78, 5) is 13.1. The van der Waals surface area contributed by atoms with Crippen LogP contribution in [0.25, 0.3) is 0 Å². The number of piperidine rings is 1. The van der Waals surface area contributed by atoms with Crippen molar-refractivity contribution in [3.8, 4) is 5.75 Å². The van der Waals surface area contributed by atoms with Gasteiger partial charge in [0.1, 0.15) is 5.75 Å². The summed E-state index contributed by atoms with van der Waals surface area (Å²) in [5.74, 6) is 0.850. The molecule has 0 atom stereocenters. The van der Waals surface area contributed by atoms with Crippen molar-refractivity contribution in [3.05, 3.63) is 28.2 Å². The molecule has 1 N–H and O–H groups in total. The second-order valence-electron chi connectivity index (χ2n) is 4.48. The van der Waals surface area contributed by atoms with Crippen LogP contribution < -0.4 is 0 Å². The molecule has 0 aromatic heterocycles. The van der Waals surface area contributed by atoms with Crippen molar-refractivity contribution in [1.29, 1.82) is 0 Å². The molecule has 0 spiro atoms. The van der Waals surface area contributed by atoms with E-state index in [1.165, 1.54) is 0 Å². The quantitative estimate of drug-likeness (QED) is 0.866. The van der Waals surface area contributed by atoms with Gasteiger partial charge in [0.25, 0.3) is 0 Å². The number of benzene rings is 1. The molecule has 4 heteroatoms. The minimum absolute atomic E-state index is 0.142. The Hall–Kier alpha value is -1.03. The maximum Gasteiger partial charge on any atom is 0.219 e. The van der Waals surface area contributed by atoms with Gasteiger partial charge in [-0.2, -0.15) is 0 Å². The zero-order chi connectivity index (χ0) is 12.4. The van der Waals surface area contributed by atoms with Crippen molar-refractivity contribution < 1.29 is 9.90 Å². The van der Waals surface area contributed by atoms with Crippen molar-refractivity contribution in [2.75, 3.05) is 13.1 Å². The van der Waals surface area contributed by atoms with E-state index >= 15 is 0 Å². The molecule has 1 saturated heterocycles. The molecule has 17 heavy (non-hydrogen) atoms. The summed E-state index contributed by atoms with van der Waals surface area (Å²) in [6, 6.07) is 5.65. The Morgan fingerprint density at radius 2 is 2.06 bits per heavy atom. The van der Waals surface area contributed by atoms with Crippen LogP contribution in [0.3, 0.4) is 0 Å². The van der Waals surface area contributed by atoms with E-state index in [1.54, 1.807) is 13.0 Å².